The Morgan fingerprint density at radius 3 is 1.20 bits per heavy atom. The summed E-state index contributed by atoms with van der Waals surface area (Å²) in [7, 11) is 0. The van der Waals surface area contributed by atoms with Crippen molar-refractivity contribution in [1.82, 2.24) is 0 Å². The summed E-state index contributed by atoms with van der Waals surface area (Å²) in [5.74, 6) is 0.306. The van der Waals surface area contributed by atoms with Crippen LogP contribution in [-0.2, 0) is 44.6 Å². The number of aliphatic hydroxyl groups is 10. The highest BCUT2D eigenvalue weighted by atomic mass is 16.5. The maximum Gasteiger partial charge on any atom is 0.115 e. The molecule has 0 saturated carbocycles. The van der Waals surface area contributed by atoms with Gasteiger partial charge in [-0.3, -0.25) is 0 Å². The molecule has 0 saturated heterocycles. The van der Waals surface area contributed by atoms with Crippen LogP contribution in [0.15, 0.2) is 97.1 Å². The van der Waals surface area contributed by atoms with Crippen LogP contribution in [0, 0.1) is 0 Å². The van der Waals surface area contributed by atoms with E-state index in [9.17, 15) is 0 Å². The van der Waals surface area contributed by atoms with Gasteiger partial charge in [-0.1, -0.05) is 54.6 Å². The van der Waals surface area contributed by atoms with Crippen LogP contribution in [0.4, 0.5) is 17.1 Å². The number of ether oxygens (including phenoxy) is 4. The Bertz CT molecular complexity index is 1630. The molecule has 4 rings (SSSR count). The quantitative estimate of drug-likeness (QED) is 0.0288. The number of phenolic OH excluding ortho intramolecular Hbond substituents is 1. The minimum absolute atomic E-state index is 0.00667. The number of hydrogen-bond acceptors (Lipinski definition) is 22. The standard InChI is InChI=1S/3C8H12N2.C8H11NO.C6H14O4.C6H14O3.C4H10O3.C3H8O2.C2H6O2/c9-6-5-7-1-3-8(10)4-2-7;9-5-4-7-2-1-3-8(10)6-7;9-6-5-7-3-1-2-4-8(7)10;9-6-5-7-1-3-8(10)4-2-7;7-1-3-9-5-6-10-4-2-8;1-5(8)4-9-6(2)3-7;5-1-3-7-4-2-6;1-3(5)2-4;3-1-2-4/h1-4H,5-6,9-10H2;1-3,6H,4-5,9-10H2;1-4H,5-6,9-10H2;1-4,10H,5-6,9H2;7-8H,1-6H2;5-8H,3-4H2,1-2H3;5-6H,1-4H2;3-5H,2H2,1H3;3-4H,1-2H2. The van der Waals surface area contributed by atoms with Gasteiger partial charge in [-0.25, -0.2) is 0 Å². The van der Waals surface area contributed by atoms with Crippen LogP contribution in [0.25, 0.3) is 0 Å². The highest BCUT2D eigenvalue weighted by molar-refractivity contribution is 5.46. The number of aromatic hydroxyl groups is 1. The van der Waals surface area contributed by atoms with Crippen molar-refractivity contribution in [2.24, 2.45) is 22.9 Å². The second kappa shape index (κ2) is 63.7. The molecule has 22 heteroatoms. The molecule has 4 aromatic carbocycles. The van der Waals surface area contributed by atoms with E-state index >= 15 is 0 Å². The van der Waals surface area contributed by atoms with E-state index in [0.717, 1.165) is 48.3 Å². The molecule has 25 N–H and O–H groups in total. The Labute approximate surface area is 446 Å². The Kier molecular flexibility index (Phi) is 67.2. The van der Waals surface area contributed by atoms with E-state index in [2.05, 4.69) is 4.74 Å². The lowest BCUT2D eigenvalue weighted by atomic mass is 10.1. The molecule has 0 amide bonds. The molecule has 0 heterocycles. The van der Waals surface area contributed by atoms with E-state index in [1.165, 1.54) is 23.6 Å². The van der Waals surface area contributed by atoms with Crippen LogP contribution in [0.5, 0.6) is 5.75 Å². The molecule has 3 atom stereocenters. The van der Waals surface area contributed by atoms with Crippen molar-refractivity contribution in [1.29, 1.82) is 0 Å². The molecule has 0 aliphatic heterocycles. The number of aliphatic hydroxyl groups excluding tert-OH is 10. The predicted molar refractivity (Wildman–Crippen MR) is 300 cm³/mol. The SMILES string of the molecule is CC(O)CO.CC(O)COC(C)CO.NCCc1ccc(N)cc1.NCCc1ccc(O)cc1.NCCc1cccc(N)c1.NCCc1ccccc1N.OCCO.OCCOCCO.OCCOCCOCCO. The zero-order valence-electron chi connectivity index (χ0n) is 44.8. The lowest BCUT2D eigenvalue weighted by Crippen LogP contribution is -2.19. The first-order valence-corrected chi connectivity index (χ1v) is 24.7. The summed E-state index contributed by atoms with van der Waals surface area (Å²) in [6.45, 7) is 9.96. The first kappa shape index (κ1) is 79.2. The third-order valence-corrected chi connectivity index (χ3v) is 8.19. The van der Waals surface area contributed by atoms with Crippen LogP contribution < -0.4 is 40.1 Å². The summed E-state index contributed by atoms with van der Waals surface area (Å²) in [5.41, 5.74) is 45.4. The molecule has 0 fully saturated rings. The Balaban J connectivity index is -0.000000248. The molecule has 436 valence electrons. The summed E-state index contributed by atoms with van der Waals surface area (Å²) in [5, 5.41) is 90.0. The van der Waals surface area contributed by atoms with E-state index < -0.39 is 12.2 Å². The smallest absolute Gasteiger partial charge is 0.115 e. The van der Waals surface area contributed by atoms with Crippen LogP contribution >= 0.6 is 0 Å². The van der Waals surface area contributed by atoms with Crippen LogP contribution in [0.3, 0.4) is 0 Å². The number of phenols is 1. The van der Waals surface area contributed by atoms with Crippen molar-refractivity contribution >= 4 is 17.1 Å². The van der Waals surface area contributed by atoms with Crippen LogP contribution in [-0.4, -0.2) is 200 Å². The molecule has 0 radical (unpaired) electrons. The number of anilines is 3. The van der Waals surface area contributed by atoms with Gasteiger partial charge in [0.15, 0.2) is 0 Å². The highest BCUT2D eigenvalue weighted by Crippen LogP contribution is 2.11. The van der Waals surface area contributed by atoms with Crippen LogP contribution in [0.1, 0.15) is 43.0 Å². The maximum absolute atomic E-state index is 8.89. The summed E-state index contributed by atoms with van der Waals surface area (Å²) >= 11 is 0. The van der Waals surface area contributed by atoms with Gasteiger partial charge in [-0.2, -0.15) is 0 Å². The van der Waals surface area contributed by atoms with Crippen molar-refractivity contribution in [3.8, 4) is 5.75 Å². The van der Waals surface area contributed by atoms with Gasteiger partial charge in [0.05, 0.1) is 117 Å². The van der Waals surface area contributed by atoms with E-state index in [0.29, 0.717) is 78.2 Å². The molecule has 4 aromatic rings. The van der Waals surface area contributed by atoms with Crippen molar-refractivity contribution in [3.63, 3.8) is 0 Å². The van der Waals surface area contributed by atoms with Gasteiger partial charge in [0.2, 0.25) is 0 Å². The van der Waals surface area contributed by atoms with Crippen molar-refractivity contribution in [2.45, 2.75) is 64.8 Å². The molecule has 0 aromatic heterocycles. The Morgan fingerprint density at radius 2 is 0.840 bits per heavy atom. The fourth-order valence-corrected chi connectivity index (χ4v) is 4.55. The summed E-state index contributed by atoms with van der Waals surface area (Å²) in [6, 6.07) is 30.5. The highest BCUT2D eigenvalue weighted by Gasteiger charge is 2.01. The normalized spacial score (nSPS) is 10.9. The minimum atomic E-state index is -0.560. The van der Waals surface area contributed by atoms with E-state index in [-0.39, 0.29) is 59.0 Å². The number of hydrogen-bond donors (Lipinski definition) is 18. The van der Waals surface area contributed by atoms with Gasteiger partial charge < -0.3 is 115 Å². The van der Waals surface area contributed by atoms with Crippen molar-refractivity contribution < 1.29 is 75.1 Å². The maximum atomic E-state index is 8.89. The molecular formula is C53H99N7O15. The van der Waals surface area contributed by atoms with Gasteiger partial charge >= 0.3 is 0 Å². The topological polar surface area (TPSA) is 442 Å². The monoisotopic (exact) mass is 1070 g/mol. The van der Waals surface area contributed by atoms with Gasteiger partial charge in [-0.05, 0) is 137 Å². The van der Waals surface area contributed by atoms with Gasteiger partial charge in [-0.15, -0.1) is 0 Å². The van der Waals surface area contributed by atoms with Crippen molar-refractivity contribution in [3.05, 3.63) is 119 Å². The second-order valence-corrected chi connectivity index (χ2v) is 15.4. The molecule has 0 aliphatic rings. The zero-order valence-corrected chi connectivity index (χ0v) is 44.8. The van der Waals surface area contributed by atoms with Gasteiger partial charge in [0, 0.05) is 17.1 Å². The second-order valence-electron chi connectivity index (χ2n) is 15.4. The number of nitrogens with two attached hydrogens (primary N) is 7. The minimum Gasteiger partial charge on any atom is -0.508 e. The average molecular weight is 1070 g/mol. The first-order valence-electron chi connectivity index (χ1n) is 24.7. The van der Waals surface area contributed by atoms with Gasteiger partial charge in [0.1, 0.15) is 5.75 Å². The third kappa shape index (κ3) is 65.4. The summed E-state index contributed by atoms with van der Waals surface area (Å²) in [6.07, 6.45) is 2.41. The summed E-state index contributed by atoms with van der Waals surface area (Å²) < 4.78 is 19.3. The van der Waals surface area contributed by atoms with Gasteiger partial charge in [0.25, 0.3) is 0 Å². The fourth-order valence-electron chi connectivity index (χ4n) is 4.55. The summed E-state index contributed by atoms with van der Waals surface area (Å²) in [4.78, 5) is 0. The molecule has 0 bridgehead atoms. The van der Waals surface area contributed by atoms with Crippen molar-refractivity contribution in [2.75, 3.05) is 142 Å². The molecule has 0 aliphatic carbocycles. The van der Waals surface area contributed by atoms with E-state index in [1.54, 1.807) is 26.0 Å². The van der Waals surface area contributed by atoms with E-state index in [4.69, 9.17) is 111 Å². The third-order valence-electron chi connectivity index (χ3n) is 8.19. The molecule has 3 unspecified atom stereocenters. The molecular weight excluding hydrogens is 975 g/mol. The number of benzene rings is 4. The lowest BCUT2D eigenvalue weighted by molar-refractivity contribution is -0.0177. The Hall–Kier alpha value is -4.64. The first-order chi connectivity index (χ1) is 36.0. The molecule has 22 nitrogen and oxygen atoms in total. The fraction of sp³-hybridized carbons (Fsp3) is 0.547. The average Bonchev–Trinajstić information content (AvgIpc) is 3.40. The molecule has 75 heavy (non-hydrogen) atoms. The number of nitrogen functional groups attached to an aromatic ring is 3. The zero-order chi connectivity index (χ0) is 57.8. The lowest BCUT2D eigenvalue weighted by Gasteiger charge is -2.10. The predicted octanol–water partition coefficient (Wildman–Crippen LogP) is -0.710. The Morgan fingerprint density at radius 1 is 0.427 bits per heavy atom. The molecule has 0 spiro atoms. The largest absolute Gasteiger partial charge is 0.508 e. The number of para-hydroxylation sites is 1. The van der Waals surface area contributed by atoms with Crippen LogP contribution in [0.2, 0.25) is 0 Å². The van der Waals surface area contributed by atoms with E-state index in [1.807, 2.05) is 84.9 Å². The number of rotatable bonds is 25.